The zero-order chi connectivity index (χ0) is 23.9. The van der Waals surface area contributed by atoms with E-state index < -0.39 is 10.8 Å². The number of hydrogen-bond acceptors (Lipinski definition) is 4. The molecule has 0 amide bonds. The number of thioether (sulfide) groups is 1. The topological polar surface area (TPSA) is 53.8 Å². The lowest BCUT2D eigenvalue weighted by molar-refractivity contribution is 0.683. The van der Waals surface area contributed by atoms with E-state index in [1.54, 1.807) is 0 Å². The van der Waals surface area contributed by atoms with E-state index in [1.165, 1.54) is 11.8 Å². The maximum absolute atomic E-state index is 12.6. The second-order valence-corrected chi connectivity index (χ2v) is 11.5. The summed E-state index contributed by atoms with van der Waals surface area (Å²) in [6.07, 6.45) is 0. The molecule has 4 aromatic rings. The van der Waals surface area contributed by atoms with Crippen LogP contribution in [-0.2, 0) is 16.6 Å². The van der Waals surface area contributed by atoms with Gasteiger partial charge in [-0.2, -0.15) is 5.26 Å². The molecule has 0 bridgehead atoms. The van der Waals surface area contributed by atoms with Crippen LogP contribution in [0.3, 0.4) is 0 Å². The van der Waals surface area contributed by atoms with E-state index in [4.69, 9.17) is 16.6 Å². The van der Waals surface area contributed by atoms with Gasteiger partial charge in [-0.15, -0.1) is 11.8 Å². The van der Waals surface area contributed by atoms with Gasteiger partial charge >= 0.3 is 0 Å². The lowest BCUT2D eigenvalue weighted by Crippen LogP contribution is -2.04. The van der Waals surface area contributed by atoms with Gasteiger partial charge in [-0.25, -0.2) is 4.98 Å². The van der Waals surface area contributed by atoms with Crippen LogP contribution in [0.25, 0.3) is 22.4 Å². The molecule has 170 valence electrons. The Labute approximate surface area is 219 Å². The molecule has 1 atom stereocenters. The van der Waals surface area contributed by atoms with Crippen molar-refractivity contribution in [3.05, 3.63) is 106 Å². The molecule has 0 saturated carbocycles. The SMILES string of the molecule is N#Cc1c(-c2ccccc2)cc(-c2ccc(Br)cc2)nc1SCC[S@@](=O)Cc1ccc(Cl)cc1. The van der Waals surface area contributed by atoms with Crippen LogP contribution < -0.4 is 0 Å². The van der Waals surface area contributed by atoms with Gasteiger partial charge in [-0.3, -0.25) is 4.21 Å². The van der Waals surface area contributed by atoms with E-state index in [-0.39, 0.29) is 0 Å². The van der Waals surface area contributed by atoms with Crippen LogP contribution in [0, 0.1) is 11.3 Å². The fourth-order valence-electron chi connectivity index (χ4n) is 3.42. The summed E-state index contributed by atoms with van der Waals surface area (Å²) in [7, 11) is -1.02. The highest BCUT2D eigenvalue weighted by atomic mass is 79.9. The molecule has 0 fully saturated rings. The van der Waals surface area contributed by atoms with Gasteiger partial charge in [-0.05, 0) is 41.5 Å². The van der Waals surface area contributed by atoms with Crippen molar-refractivity contribution in [3.63, 3.8) is 0 Å². The number of halogens is 2. The van der Waals surface area contributed by atoms with Crippen molar-refractivity contribution < 1.29 is 4.21 Å². The van der Waals surface area contributed by atoms with Gasteiger partial charge in [0.05, 0.1) is 11.3 Å². The average molecular weight is 568 g/mol. The molecule has 0 saturated heterocycles. The maximum Gasteiger partial charge on any atom is 0.115 e. The summed E-state index contributed by atoms with van der Waals surface area (Å²) in [4.78, 5) is 4.83. The van der Waals surface area contributed by atoms with E-state index >= 15 is 0 Å². The number of pyridine rings is 1. The Morgan fingerprint density at radius 3 is 2.35 bits per heavy atom. The first-order chi connectivity index (χ1) is 16.5. The molecule has 1 aromatic heterocycles. The molecule has 0 aliphatic carbocycles. The van der Waals surface area contributed by atoms with Crippen LogP contribution in [0.1, 0.15) is 11.1 Å². The number of nitriles is 1. The van der Waals surface area contributed by atoms with Gasteiger partial charge in [0.2, 0.25) is 0 Å². The summed E-state index contributed by atoms with van der Waals surface area (Å²) >= 11 is 10.9. The number of rotatable bonds is 8. The van der Waals surface area contributed by atoms with Crippen molar-refractivity contribution in [1.29, 1.82) is 5.26 Å². The first-order valence-electron chi connectivity index (χ1n) is 10.5. The third kappa shape index (κ3) is 6.37. The molecule has 1 heterocycles. The molecule has 0 aliphatic heterocycles. The second-order valence-electron chi connectivity index (χ2n) is 7.48. The Bertz CT molecular complexity index is 1340. The van der Waals surface area contributed by atoms with Crippen LogP contribution in [-0.4, -0.2) is 20.7 Å². The molecular weight excluding hydrogens is 548 g/mol. The van der Waals surface area contributed by atoms with Gasteiger partial charge in [0.25, 0.3) is 0 Å². The Morgan fingerprint density at radius 1 is 0.971 bits per heavy atom. The number of benzene rings is 3. The fourth-order valence-corrected chi connectivity index (χ4v) is 6.25. The standard InChI is InChI=1S/C27H20BrClN2OS2/c28-22-10-8-21(9-11-22)26-16-24(20-4-2-1-3-5-20)25(17-30)27(31-26)33-14-15-34(32)18-19-6-12-23(29)13-7-19/h1-13,16H,14-15,18H2/t34-/m1/s1. The monoisotopic (exact) mass is 566 g/mol. The van der Waals surface area contributed by atoms with Crippen molar-refractivity contribution in [3.8, 4) is 28.5 Å². The summed E-state index contributed by atoms with van der Waals surface area (Å²) in [6.45, 7) is 0. The largest absolute Gasteiger partial charge is 0.259 e. The number of aromatic nitrogens is 1. The Morgan fingerprint density at radius 2 is 1.68 bits per heavy atom. The van der Waals surface area contributed by atoms with Crippen LogP contribution in [0.15, 0.2) is 94.4 Å². The highest BCUT2D eigenvalue weighted by molar-refractivity contribution is 9.10. The molecule has 0 radical (unpaired) electrons. The van der Waals surface area contributed by atoms with Gasteiger partial charge < -0.3 is 0 Å². The molecular formula is C27H20BrClN2OS2. The molecule has 0 spiro atoms. The third-order valence-corrected chi connectivity index (χ3v) is 8.44. The summed E-state index contributed by atoms with van der Waals surface area (Å²) in [5, 5.41) is 11.3. The zero-order valence-corrected chi connectivity index (χ0v) is 22.1. The Kier molecular flexibility index (Phi) is 8.58. The van der Waals surface area contributed by atoms with Crippen LogP contribution in [0.4, 0.5) is 0 Å². The van der Waals surface area contributed by atoms with Gasteiger partial charge in [-0.1, -0.05) is 82.1 Å². The average Bonchev–Trinajstić information content (AvgIpc) is 2.86. The molecule has 34 heavy (non-hydrogen) atoms. The smallest absolute Gasteiger partial charge is 0.115 e. The molecule has 7 heteroatoms. The Balaban J connectivity index is 1.59. The summed E-state index contributed by atoms with van der Waals surface area (Å²) in [5.41, 5.74) is 5.12. The van der Waals surface area contributed by atoms with Crippen molar-refractivity contribution in [2.75, 3.05) is 11.5 Å². The molecule has 3 nitrogen and oxygen atoms in total. The molecule has 3 aromatic carbocycles. The minimum atomic E-state index is -1.02. The minimum Gasteiger partial charge on any atom is -0.259 e. The predicted octanol–water partition coefficient (Wildman–Crippen LogP) is 7.74. The second kappa shape index (κ2) is 11.8. The lowest BCUT2D eigenvalue weighted by atomic mass is 9.99. The normalized spacial score (nSPS) is 11.7. The molecule has 0 N–H and O–H groups in total. The van der Waals surface area contributed by atoms with Crippen molar-refractivity contribution in [2.24, 2.45) is 0 Å². The van der Waals surface area contributed by atoms with E-state index in [0.717, 1.165) is 32.4 Å². The minimum absolute atomic E-state index is 0.477. The highest BCUT2D eigenvalue weighted by Gasteiger charge is 2.16. The van der Waals surface area contributed by atoms with Crippen molar-refractivity contribution >= 4 is 50.1 Å². The van der Waals surface area contributed by atoms with Gasteiger partial charge in [0.15, 0.2) is 0 Å². The first kappa shape index (κ1) is 24.7. The van der Waals surface area contributed by atoms with Crippen LogP contribution >= 0.6 is 39.3 Å². The zero-order valence-electron chi connectivity index (χ0n) is 18.1. The summed E-state index contributed by atoms with van der Waals surface area (Å²) in [6, 6.07) is 29.6. The fraction of sp³-hybridized carbons (Fsp3) is 0.111. The third-order valence-electron chi connectivity index (χ3n) is 5.11. The molecule has 0 aliphatic rings. The van der Waals surface area contributed by atoms with E-state index in [0.29, 0.717) is 32.9 Å². The highest BCUT2D eigenvalue weighted by Crippen LogP contribution is 2.34. The Hall–Kier alpha value is -2.43. The quantitative estimate of drug-likeness (QED) is 0.204. The first-order valence-corrected chi connectivity index (χ1v) is 14.2. The van der Waals surface area contributed by atoms with Gasteiger partial charge in [0.1, 0.15) is 11.1 Å². The number of nitrogens with zero attached hydrogens (tertiary/aromatic N) is 2. The van der Waals surface area contributed by atoms with Crippen LogP contribution in [0.2, 0.25) is 5.02 Å². The summed E-state index contributed by atoms with van der Waals surface area (Å²) < 4.78 is 13.6. The lowest BCUT2D eigenvalue weighted by Gasteiger charge is -2.13. The van der Waals surface area contributed by atoms with Crippen molar-refractivity contribution in [2.45, 2.75) is 10.8 Å². The maximum atomic E-state index is 12.6. The van der Waals surface area contributed by atoms with Crippen molar-refractivity contribution in [1.82, 2.24) is 4.98 Å². The van der Waals surface area contributed by atoms with Gasteiger partial charge in [0, 0.05) is 48.7 Å². The molecule has 4 rings (SSSR count). The van der Waals surface area contributed by atoms with Crippen LogP contribution in [0.5, 0.6) is 0 Å². The van der Waals surface area contributed by atoms with E-state index in [9.17, 15) is 9.47 Å². The summed E-state index contributed by atoms with van der Waals surface area (Å²) in [5.74, 6) is 1.58. The van der Waals surface area contributed by atoms with E-state index in [2.05, 4.69) is 22.0 Å². The molecule has 0 unspecified atom stereocenters. The number of hydrogen-bond donors (Lipinski definition) is 0. The van der Waals surface area contributed by atoms with E-state index in [1.807, 2.05) is 84.9 Å². The predicted molar refractivity (Wildman–Crippen MR) is 146 cm³/mol.